The maximum Gasteiger partial charge on any atom is 0.325 e. The van der Waals surface area contributed by atoms with E-state index < -0.39 is 23.2 Å². The minimum Gasteiger partial charge on any atom is -0.611 e. The van der Waals surface area contributed by atoms with Gasteiger partial charge in [-0.05, 0) is 23.3 Å². The first-order chi connectivity index (χ1) is 6.61. The molecule has 0 saturated heterocycles. The van der Waals surface area contributed by atoms with Crippen molar-refractivity contribution in [1.29, 1.82) is 0 Å². The van der Waals surface area contributed by atoms with E-state index in [1.807, 2.05) is 0 Å². The number of hydrogen-bond donors (Lipinski definition) is 2. The van der Waals surface area contributed by atoms with Gasteiger partial charge >= 0.3 is 5.97 Å². The second kappa shape index (κ2) is 4.99. The van der Waals surface area contributed by atoms with E-state index >= 15 is 0 Å². The molecule has 0 fully saturated rings. The zero-order chi connectivity index (χ0) is 10.6. The molecule has 1 aromatic rings. The van der Waals surface area contributed by atoms with Crippen LogP contribution in [0.1, 0.15) is 0 Å². The van der Waals surface area contributed by atoms with Gasteiger partial charge in [0.2, 0.25) is 0 Å². The Morgan fingerprint density at radius 1 is 1.50 bits per heavy atom. The summed E-state index contributed by atoms with van der Waals surface area (Å²) < 4.78 is 11.5. The summed E-state index contributed by atoms with van der Waals surface area (Å²) in [6, 6.07) is 7.60. The average Bonchev–Trinajstić information content (AvgIpc) is 2.19. The van der Waals surface area contributed by atoms with Crippen molar-refractivity contribution in [3.8, 4) is 0 Å². The first-order valence-corrected chi connectivity index (χ1v) is 5.35. The molecule has 0 aliphatic heterocycles. The van der Waals surface area contributed by atoms with Gasteiger partial charge in [0.15, 0.2) is 4.90 Å². The molecular weight excluding hydrogens is 202 g/mol. The lowest BCUT2D eigenvalue weighted by Crippen LogP contribution is -2.37. The molecule has 0 aliphatic carbocycles. The Hall–Kier alpha value is -1.04. The van der Waals surface area contributed by atoms with Crippen LogP contribution in [0.25, 0.3) is 0 Å². The molecule has 3 N–H and O–H groups in total. The van der Waals surface area contributed by atoms with Gasteiger partial charge in [-0.25, -0.2) is 0 Å². The highest BCUT2D eigenvalue weighted by molar-refractivity contribution is 7.91. The number of carboxylic acid groups (broad SMARTS) is 1. The van der Waals surface area contributed by atoms with Gasteiger partial charge in [-0.2, -0.15) is 0 Å². The lowest BCUT2D eigenvalue weighted by Gasteiger charge is -2.12. The summed E-state index contributed by atoms with van der Waals surface area (Å²) in [5, 5.41) is 8.52. The van der Waals surface area contributed by atoms with Crippen LogP contribution in [0.3, 0.4) is 0 Å². The van der Waals surface area contributed by atoms with Crippen LogP contribution >= 0.6 is 0 Å². The third kappa shape index (κ3) is 3.02. The van der Waals surface area contributed by atoms with E-state index in [-0.39, 0.29) is 5.75 Å². The topological polar surface area (TPSA) is 86.4 Å². The zero-order valence-corrected chi connectivity index (χ0v) is 8.24. The summed E-state index contributed by atoms with van der Waals surface area (Å²) in [5.41, 5.74) is 5.26. The molecule has 14 heavy (non-hydrogen) atoms. The number of carbonyl (C=O) groups is 1. The third-order valence-electron chi connectivity index (χ3n) is 1.65. The second-order valence-electron chi connectivity index (χ2n) is 2.77. The highest BCUT2D eigenvalue weighted by atomic mass is 32.2. The normalized spacial score (nSPS) is 14.7. The minimum atomic E-state index is -1.34. The molecule has 0 aliphatic rings. The molecule has 5 heteroatoms. The fraction of sp³-hybridized carbons (Fsp3) is 0.222. The van der Waals surface area contributed by atoms with Crippen molar-refractivity contribution in [3.63, 3.8) is 0 Å². The fourth-order valence-electron chi connectivity index (χ4n) is 0.903. The molecule has 0 amide bonds. The molecule has 4 nitrogen and oxygen atoms in total. The molecule has 0 spiro atoms. The van der Waals surface area contributed by atoms with E-state index in [9.17, 15) is 9.35 Å². The summed E-state index contributed by atoms with van der Waals surface area (Å²) >= 11 is -1.34. The molecule has 1 rings (SSSR count). The van der Waals surface area contributed by atoms with Gasteiger partial charge in [-0.3, -0.25) is 4.79 Å². The van der Waals surface area contributed by atoms with E-state index in [0.717, 1.165) is 0 Å². The van der Waals surface area contributed by atoms with E-state index in [4.69, 9.17) is 10.8 Å². The predicted octanol–water partition coefficient (Wildman–Crippen LogP) is 0.206. The van der Waals surface area contributed by atoms with Crippen molar-refractivity contribution in [2.45, 2.75) is 10.9 Å². The second-order valence-corrected chi connectivity index (χ2v) is 4.27. The first kappa shape index (κ1) is 11.0. The lowest BCUT2D eigenvalue weighted by atomic mass is 10.4. The van der Waals surface area contributed by atoms with Gasteiger partial charge in [0.1, 0.15) is 11.8 Å². The van der Waals surface area contributed by atoms with Gasteiger partial charge in [0, 0.05) is 0 Å². The number of carboxylic acids is 1. The lowest BCUT2D eigenvalue weighted by molar-refractivity contribution is -0.137. The number of rotatable bonds is 4. The molecule has 1 aromatic carbocycles. The summed E-state index contributed by atoms with van der Waals surface area (Å²) in [4.78, 5) is 11.0. The van der Waals surface area contributed by atoms with Crippen LogP contribution < -0.4 is 5.73 Å². The van der Waals surface area contributed by atoms with Crippen molar-refractivity contribution in [3.05, 3.63) is 30.3 Å². The highest BCUT2D eigenvalue weighted by Gasteiger charge is 2.20. The smallest absolute Gasteiger partial charge is 0.325 e. The SMILES string of the molecule is N[C@@H](C[S+]([O-])c1ccccc1)C(=O)O. The predicted molar refractivity (Wildman–Crippen MR) is 53.3 cm³/mol. The van der Waals surface area contributed by atoms with E-state index in [1.54, 1.807) is 30.3 Å². The largest absolute Gasteiger partial charge is 0.611 e. The number of benzene rings is 1. The van der Waals surface area contributed by atoms with Crippen molar-refractivity contribution >= 4 is 17.1 Å². The summed E-state index contributed by atoms with van der Waals surface area (Å²) in [6.45, 7) is 0. The molecular formula is C9H11NO3S. The van der Waals surface area contributed by atoms with Crippen LogP contribution in [0, 0.1) is 0 Å². The van der Waals surface area contributed by atoms with Crippen LogP contribution in [0.2, 0.25) is 0 Å². The molecule has 1 unspecified atom stereocenters. The summed E-state index contributed by atoms with van der Waals surface area (Å²) in [7, 11) is 0. The quantitative estimate of drug-likeness (QED) is 0.700. The fourth-order valence-corrected chi connectivity index (χ4v) is 2.02. The van der Waals surface area contributed by atoms with E-state index in [2.05, 4.69) is 0 Å². The van der Waals surface area contributed by atoms with Crippen LogP contribution in [0.15, 0.2) is 35.2 Å². The Balaban J connectivity index is 2.59. The summed E-state index contributed by atoms with van der Waals surface area (Å²) in [6.07, 6.45) is 0. The molecule has 76 valence electrons. The van der Waals surface area contributed by atoms with Gasteiger partial charge in [0.25, 0.3) is 0 Å². The summed E-state index contributed by atoms with van der Waals surface area (Å²) in [5.74, 6) is -1.19. The standard InChI is InChI=1S/C9H11NO3S/c10-8(9(11)12)6-14(13)7-4-2-1-3-5-7/h1-5,8H,6,10H2,(H,11,12)/t8-,14?/m0/s1. The Morgan fingerprint density at radius 2 is 2.07 bits per heavy atom. The number of nitrogens with two attached hydrogens (primary N) is 1. The highest BCUT2D eigenvalue weighted by Crippen LogP contribution is 2.10. The van der Waals surface area contributed by atoms with E-state index in [1.165, 1.54) is 0 Å². The van der Waals surface area contributed by atoms with Gasteiger partial charge < -0.3 is 15.4 Å². The first-order valence-electron chi connectivity index (χ1n) is 4.03. The Morgan fingerprint density at radius 3 is 2.57 bits per heavy atom. The Bertz CT molecular complexity index is 304. The maximum atomic E-state index is 11.5. The Kier molecular flexibility index (Phi) is 3.94. The van der Waals surface area contributed by atoms with Crippen LogP contribution in [-0.4, -0.2) is 27.4 Å². The van der Waals surface area contributed by atoms with Crippen molar-refractivity contribution in [2.24, 2.45) is 5.73 Å². The maximum absolute atomic E-state index is 11.5. The van der Waals surface area contributed by atoms with Gasteiger partial charge in [-0.15, -0.1) is 0 Å². The van der Waals surface area contributed by atoms with Crippen LogP contribution in [0.5, 0.6) is 0 Å². The van der Waals surface area contributed by atoms with E-state index in [0.29, 0.717) is 4.90 Å². The molecule has 0 heterocycles. The molecule has 0 saturated carbocycles. The third-order valence-corrected chi connectivity index (χ3v) is 3.11. The number of aliphatic carboxylic acids is 1. The molecule has 0 radical (unpaired) electrons. The molecule has 0 bridgehead atoms. The number of hydrogen-bond acceptors (Lipinski definition) is 3. The van der Waals surface area contributed by atoms with Crippen molar-refractivity contribution in [1.82, 2.24) is 0 Å². The molecule has 2 atom stereocenters. The monoisotopic (exact) mass is 213 g/mol. The van der Waals surface area contributed by atoms with Crippen LogP contribution in [0.4, 0.5) is 0 Å². The Labute approximate surface area is 84.9 Å². The average molecular weight is 213 g/mol. The molecule has 0 aromatic heterocycles. The van der Waals surface area contributed by atoms with Crippen molar-refractivity contribution in [2.75, 3.05) is 5.75 Å². The minimum absolute atomic E-state index is 0.0562. The van der Waals surface area contributed by atoms with Gasteiger partial charge in [0.05, 0.1) is 0 Å². The van der Waals surface area contributed by atoms with Crippen LogP contribution in [-0.2, 0) is 16.0 Å². The zero-order valence-electron chi connectivity index (χ0n) is 7.42. The van der Waals surface area contributed by atoms with Gasteiger partial charge in [-0.1, -0.05) is 18.2 Å². The van der Waals surface area contributed by atoms with Crippen molar-refractivity contribution < 1.29 is 14.5 Å².